The molecule has 2 aromatic carbocycles. The van der Waals surface area contributed by atoms with Crippen LogP contribution in [0.3, 0.4) is 0 Å². The first-order valence-electron chi connectivity index (χ1n) is 9.48. The van der Waals surface area contributed by atoms with Gasteiger partial charge in [0.05, 0.1) is 13.2 Å². The van der Waals surface area contributed by atoms with E-state index in [2.05, 4.69) is 5.32 Å². The van der Waals surface area contributed by atoms with Gasteiger partial charge in [-0.15, -0.1) is 12.4 Å². The number of ether oxygens (including phenoxy) is 1. The Morgan fingerprint density at radius 3 is 2.43 bits per heavy atom. The first-order chi connectivity index (χ1) is 13.0. The van der Waals surface area contributed by atoms with Crippen molar-refractivity contribution in [3.8, 4) is 5.75 Å². The molecule has 3 rings (SSSR count). The number of benzene rings is 2. The van der Waals surface area contributed by atoms with Crippen molar-refractivity contribution in [2.24, 2.45) is 11.7 Å². The number of amides is 1. The second kappa shape index (κ2) is 10.4. The van der Waals surface area contributed by atoms with E-state index in [1.807, 2.05) is 24.3 Å². The van der Waals surface area contributed by atoms with E-state index in [0.717, 1.165) is 36.1 Å². The largest absolute Gasteiger partial charge is 0.497 e. The smallest absolute Gasteiger partial charge is 0.220 e. The molecule has 0 aromatic heterocycles. The van der Waals surface area contributed by atoms with Crippen LogP contribution in [0.2, 0.25) is 0 Å². The van der Waals surface area contributed by atoms with Gasteiger partial charge < -0.3 is 15.8 Å². The highest BCUT2D eigenvalue weighted by molar-refractivity contribution is 5.85. The molecule has 1 amide bonds. The Morgan fingerprint density at radius 2 is 1.86 bits per heavy atom. The lowest BCUT2D eigenvalue weighted by Gasteiger charge is -2.22. The normalized spacial score (nSPS) is 19.5. The lowest BCUT2D eigenvalue weighted by molar-refractivity contribution is -0.122. The van der Waals surface area contributed by atoms with Gasteiger partial charge in [0, 0.05) is 12.5 Å². The van der Waals surface area contributed by atoms with Gasteiger partial charge in [-0.1, -0.05) is 30.7 Å². The van der Waals surface area contributed by atoms with E-state index in [-0.39, 0.29) is 42.1 Å². The van der Waals surface area contributed by atoms with Crippen molar-refractivity contribution in [1.29, 1.82) is 0 Å². The molecule has 1 aliphatic carbocycles. The number of hydrogen-bond donors (Lipinski definition) is 2. The van der Waals surface area contributed by atoms with E-state index in [1.165, 1.54) is 12.1 Å². The van der Waals surface area contributed by atoms with Gasteiger partial charge in [0.2, 0.25) is 5.91 Å². The number of nitrogens with one attached hydrogen (secondary N) is 1. The van der Waals surface area contributed by atoms with Gasteiger partial charge in [0.25, 0.3) is 0 Å². The summed E-state index contributed by atoms with van der Waals surface area (Å²) in [6.45, 7) is 0. The molecule has 1 saturated carbocycles. The van der Waals surface area contributed by atoms with E-state index < -0.39 is 0 Å². The highest BCUT2D eigenvalue weighted by atomic mass is 35.5. The number of carbonyl (C=O) groups excluding carboxylic acids is 1. The molecule has 0 aliphatic heterocycles. The maximum Gasteiger partial charge on any atom is 0.220 e. The van der Waals surface area contributed by atoms with Crippen LogP contribution in [-0.4, -0.2) is 19.1 Å². The Kier molecular flexibility index (Phi) is 8.27. The van der Waals surface area contributed by atoms with E-state index in [4.69, 9.17) is 10.5 Å². The average Bonchev–Trinajstić information content (AvgIpc) is 3.07. The molecule has 3 N–H and O–H groups in total. The van der Waals surface area contributed by atoms with Crippen molar-refractivity contribution >= 4 is 18.3 Å². The fraction of sp³-hybridized carbons (Fsp3) is 0.409. The number of rotatable bonds is 7. The molecule has 0 spiro atoms. The molecule has 3 atom stereocenters. The zero-order valence-electron chi connectivity index (χ0n) is 16.1. The van der Waals surface area contributed by atoms with Crippen LogP contribution < -0.4 is 15.8 Å². The molecule has 0 heterocycles. The summed E-state index contributed by atoms with van der Waals surface area (Å²) >= 11 is 0. The third-order valence-corrected chi connectivity index (χ3v) is 5.37. The molecule has 1 unspecified atom stereocenters. The lowest BCUT2D eigenvalue weighted by Crippen LogP contribution is -2.34. The second-order valence-electron chi connectivity index (χ2n) is 7.28. The fourth-order valence-electron chi connectivity index (χ4n) is 3.75. The maximum atomic E-state index is 13.2. The minimum atomic E-state index is -0.265. The maximum absolute atomic E-state index is 13.2. The van der Waals surface area contributed by atoms with Crippen LogP contribution >= 0.6 is 12.4 Å². The molecule has 28 heavy (non-hydrogen) atoms. The fourth-order valence-corrected chi connectivity index (χ4v) is 3.75. The van der Waals surface area contributed by atoms with Crippen LogP contribution in [0.1, 0.15) is 42.9 Å². The highest BCUT2D eigenvalue weighted by Crippen LogP contribution is 2.28. The van der Waals surface area contributed by atoms with Gasteiger partial charge in [0.15, 0.2) is 0 Å². The molecule has 6 heteroatoms. The summed E-state index contributed by atoms with van der Waals surface area (Å²) in [7, 11) is 1.62. The molecule has 1 aliphatic rings. The molecule has 0 bridgehead atoms. The summed E-state index contributed by atoms with van der Waals surface area (Å²) in [5.41, 5.74) is 8.07. The Bertz CT molecular complexity index is 752. The summed E-state index contributed by atoms with van der Waals surface area (Å²) in [5.74, 6) is 0.772. The topological polar surface area (TPSA) is 64.3 Å². The molecule has 152 valence electrons. The Hall–Kier alpha value is -2.11. The van der Waals surface area contributed by atoms with Gasteiger partial charge in [-0.3, -0.25) is 4.79 Å². The van der Waals surface area contributed by atoms with E-state index in [0.29, 0.717) is 12.8 Å². The predicted octanol–water partition coefficient (Wildman–Crippen LogP) is 4.17. The zero-order valence-corrected chi connectivity index (χ0v) is 16.9. The van der Waals surface area contributed by atoms with E-state index in [9.17, 15) is 9.18 Å². The summed E-state index contributed by atoms with van der Waals surface area (Å²) in [4.78, 5) is 12.6. The number of hydrogen-bond acceptors (Lipinski definition) is 3. The highest BCUT2D eigenvalue weighted by Gasteiger charge is 2.27. The monoisotopic (exact) mass is 406 g/mol. The van der Waals surface area contributed by atoms with Gasteiger partial charge in [-0.05, 0) is 60.6 Å². The third kappa shape index (κ3) is 5.94. The van der Waals surface area contributed by atoms with Crippen LogP contribution in [-0.2, 0) is 11.2 Å². The van der Waals surface area contributed by atoms with Crippen molar-refractivity contribution in [2.75, 3.05) is 7.11 Å². The number of carbonyl (C=O) groups is 1. The summed E-state index contributed by atoms with van der Waals surface area (Å²) in [5, 5.41) is 3.15. The number of methoxy groups -OCH3 is 1. The van der Waals surface area contributed by atoms with Gasteiger partial charge >= 0.3 is 0 Å². The molecule has 2 aromatic rings. The summed E-state index contributed by atoms with van der Waals surface area (Å²) in [6, 6.07) is 14.0. The minimum absolute atomic E-state index is 0. The molecule has 1 fully saturated rings. The standard InChI is InChI=1S/C22H27FN2O2.ClH/c1-27-19-11-7-16(8-12-19)21(13-15-5-9-18(23)10-6-15)25-22(26)14-17-3-2-4-20(17)24;/h5-12,17,20-21H,2-4,13-14,24H2,1H3,(H,25,26);1H/t17-,20+,21?;/m0./s1. The van der Waals surface area contributed by atoms with Crippen LogP contribution in [0.5, 0.6) is 5.75 Å². The lowest BCUT2D eigenvalue weighted by atomic mass is 9.96. The first-order valence-corrected chi connectivity index (χ1v) is 9.48. The van der Waals surface area contributed by atoms with E-state index in [1.54, 1.807) is 19.2 Å². The Morgan fingerprint density at radius 1 is 1.18 bits per heavy atom. The van der Waals surface area contributed by atoms with Crippen molar-refractivity contribution in [3.05, 3.63) is 65.5 Å². The minimum Gasteiger partial charge on any atom is -0.497 e. The zero-order chi connectivity index (χ0) is 19.2. The van der Waals surface area contributed by atoms with Crippen LogP contribution in [0.4, 0.5) is 4.39 Å². The predicted molar refractivity (Wildman–Crippen MR) is 111 cm³/mol. The Labute approximate surface area is 172 Å². The first kappa shape index (κ1) is 22.2. The van der Waals surface area contributed by atoms with Crippen molar-refractivity contribution in [2.45, 2.75) is 44.2 Å². The quantitative estimate of drug-likeness (QED) is 0.725. The summed E-state index contributed by atoms with van der Waals surface area (Å²) < 4.78 is 18.4. The third-order valence-electron chi connectivity index (χ3n) is 5.37. The number of nitrogens with two attached hydrogens (primary N) is 1. The molecule has 4 nitrogen and oxygen atoms in total. The van der Waals surface area contributed by atoms with Crippen LogP contribution in [0, 0.1) is 11.7 Å². The van der Waals surface area contributed by atoms with Gasteiger partial charge in [0.1, 0.15) is 11.6 Å². The molecule has 0 radical (unpaired) electrons. The van der Waals surface area contributed by atoms with Crippen molar-refractivity contribution < 1.29 is 13.9 Å². The number of halogens is 2. The molecular weight excluding hydrogens is 379 g/mol. The van der Waals surface area contributed by atoms with E-state index >= 15 is 0 Å². The van der Waals surface area contributed by atoms with Crippen LogP contribution in [0.25, 0.3) is 0 Å². The van der Waals surface area contributed by atoms with Crippen molar-refractivity contribution in [1.82, 2.24) is 5.32 Å². The van der Waals surface area contributed by atoms with Crippen LogP contribution in [0.15, 0.2) is 48.5 Å². The average molecular weight is 407 g/mol. The van der Waals surface area contributed by atoms with Gasteiger partial charge in [-0.25, -0.2) is 4.39 Å². The SMILES string of the molecule is COc1ccc(C(Cc2ccc(F)cc2)NC(=O)C[C@@H]2CCC[C@H]2N)cc1.Cl. The van der Waals surface area contributed by atoms with Crippen molar-refractivity contribution in [3.63, 3.8) is 0 Å². The Balaban J connectivity index is 0.00000280. The second-order valence-corrected chi connectivity index (χ2v) is 7.28. The summed E-state index contributed by atoms with van der Waals surface area (Å²) in [6.07, 6.45) is 4.15. The molecular formula is C22H28ClFN2O2. The molecule has 0 saturated heterocycles. The van der Waals surface area contributed by atoms with Gasteiger partial charge in [-0.2, -0.15) is 0 Å².